The third-order valence-corrected chi connectivity index (χ3v) is 11.5. The van der Waals surface area contributed by atoms with Crippen LogP contribution in [0.5, 0.6) is 0 Å². The van der Waals surface area contributed by atoms with Crippen LogP contribution in [-0.4, -0.2) is 24.1 Å². The molecule has 9 aromatic carbocycles. The normalized spacial score (nSPS) is 11.8. The topological polar surface area (TPSA) is 48.5 Å². The summed E-state index contributed by atoms with van der Waals surface area (Å²) in [6.45, 7) is 0. The Balaban J connectivity index is 1.15. The molecule has 0 atom stereocenters. The second kappa shape index (κ2) is 12.8. The zero-order valence-electron chi connectivity index (χ0n) is 31.3. The van der Waals surface area contributed by atoms with Gasteiger partial charge >= 0.3 is 0 Å². The van der Waals surface area contributed by atoms with Crippen molar-refractivity contribution >= 4 is 65.2 Å². The molecule has 12 rings (SSSR count). The summed E-state index contributed by atoms with van der Waals surface area (Å²) in [5, 5.41) is 9.56. The van der Waals surface area contributed by atoms with E-state index < -0.39 is 0 Å². The van der Waals surface area contributed by atoms with Crippen molar-refractivity contribution in [2.24, 2.45) is 0 Å². The smallest absolute Gasteiger partial charge is 0.164 e. The number of fused-ring (bicyclic) bond motifs is 9. The van der Waals surface area contributed by atoms with E-state index in [4.69, 9.17) is 15.0 Å². The third-order valence-electron chi connectivity index (χ3n) is 11.5. The van der Waals surface area contributed by atoms with Crippen molar-refractivity contribution in [2.75, 3.05) is 0 Å². The first-order valence-corrected chi connectivity index (χ1v) is 19.6. The first-order chi connectivity index (χ1) is 28.8. The maximum atomic E-state index is 5.13. The first kappa shape index (κ1) is 32.4. The van der Waals surface area contributed by atoms with Crippen molar-refractivity contribution in [1.29, 1.82) is 0 Å². The second-order valence-corrected chi connectivity index (χ2v) is 14.8. The molecule has 0 bridgehead atoms. The van der Waals surface area contributed by atoms with Gasteiger partial charge < -0.3 is 9.13 Å². The van der Waals surface area contributed by atoms with E-state index in [-0.39, 0.29) is 0 Å². The Morgan fingerprint density at radius 1 is 0.310 bits per heavy atom. The Kier molecular flexibility index (Phi) is 7.16. The fraction of sp³-hybridized carbons (Fsp3) is 0. The fourth-order valence-electron chi connectivity index (χ4n) is 8.98. The summed E-state index contributed by atoms with van der Waals surface area (Å²) >= 11 is 0. The van der Waals surface area contributed by atoms with Gasteiger partial charge in [0.1, 0.15) is 0 Å². The van der Waals surface area contributed by atoms with Crippen LogP contribution in [0.2, 0.25) is 0 Å². The van der Waals surface area contributed by atoms with E-state index in [0.717, 1.165) is 49.9 Å². The third kappa shape index (κ3) is 4.93. The monoisotopic (exact) mass is 739 g/mol. The zero-order valence-corrected chi connectivity index (χ0v) is 31.3. The Morgan fingerprint density at radius 3 is 1.64 bits per heavy atom. The number of rotatable bonds is 5. The SMILES string of the molecule is c1ccc(-c2nc(-c3ccccc3)nc(-c3cccc4c(-n5c6ccccc6c6cc7c(cc65)c5c6ccccc6ccc5n7-c5ccccc5)cccc34)n2)cc1. The van der Waals surface area contributed by atoms with Crippen LogP contribution >= 0.6 is 0 Å². The molecule has 0 unspecified atom stereocenters. The number of hydrogen-bond acceptors (Lipinski definition) is 3. The molecule has 5 heteroatoms. The van der Waals surface area contributed by atoms with Crippen LogP contribution in [0.25, 0.3) is 111 Å². The quantitative estimate of drug-likeness (QED) is 0.177. The van der Waals surface area contributed by atoms with Gasteiger partial charge in [0.25, 0.3) is 0 Å². The van der Waals surface area contributed by atoms with E-state index in [1.165, 1.54) is 43.4 Å². The lowest BCUT2D eigenvalue weighted by atomic mass is 10.0. The van der Waals surface area contributed by atoms with Crippen molar-refractivity contribution < 1.29 is 0 Å². The molecule has 0 saturated carbocycles. The number of aromatic nitrogens is 5. The van der Waals surface area contributed by atoms with Gasteiger partial charge in [-0.2, -0.15) is 0 Å². The molecule has 3 heterocycles. The van der Waals surface area contributed by atoms with E-state index in [2.05, 4.69) is 149 Å². The van der Waals surface area contributed by atoms with Crippen molar-refractivity contribution in [1.82, 2.24) is 24.1 Å². The van der Waals surface area contributed by atoms with Crippen molar-refractivity contribution in [3.63, 3.8) is 0 Å². The van der Waals surface area contributed by atoms with Gasteiger partial charge in [0, 0.05) is 49.3 Å². The van der Waals surface area contributed by atoms with E-state index in [9.17, 15) is 0 Å². The summed E-state index contributed by atoms with van der Waals surface area (Å²) in [7, 11) is 0. The van der Waals surface area contributed by atoms with Crippen LogP contribution in [0.3, 0.4) is 0 Å². The minimum absolute atomic E-state index is 0.639. The second-order valence-electron chi connectivity index (χ2n) is 14.8. The highest BCUT2D eigenvalue weighted by Gasteiger charge is 2.21. The Morgan fingerprint density at radius 2 is 0.879 bits per heavy atom. The standard InChI is InChI=1S/C53H33N5/c1-4-17-35(18-5-1)51-54-52(36-19-6-2-7-20-36)56-53(55-51)42-27-14-26-40-39(42)25-15-29-46(40)58-45-28-13-12-24-41(45)43-32-49-44(33-48(43)58)50-38-23-11-10-16-34(38)30-31-47(50)57(49)37-21-8-3-9-22-37/h1-33H. The molecule has 0 aliphatic rings. The molecule has 270 valence electrons. The lowest BCUT2D eigenvalue weighted by Gasteiger charge is -2.14. The van der Waals surface area contributed by atoms with E-state index >= 15 is 0 Å². The van der Waals surface area contributed by atoms with Gasteiger partial charge in [-0.3, -0.25) is 0 Å². The number of benzene rings is 9. The predicted molar refractivity (Wildman–Crippen MR) is 240 cm³/mol. The number of nitrogens with zero attached hydrogens (tertiary/aromatic N) is 5. The van der Waals surface area contributed by atoms with Crippen LogP contribution in [0, 0.1) is 0 Å². The number of hydrogen-bond donors (Lipinski definition) is 0. The van der Waals surface area contributed by atoms with Crippen molar-refractivity contribution in [2.45, 2.75) is 0 Å². The van der Waals surface area contributed by atoms with Gasteiger partial charge in [-0.25, -0.2) is 15.0 Å². The van der Waals surface area contributed by atoms with Gasteiger partial charge in [0.15, 0.2) is 17.5 Å². The summed E-state index contributed by atoms with van der Waals surface area (Å²) < 4.78 is 4.88. The van der Waals surface area contributed by atoms with Crippen LogP contribution in [0.4, 0.5) is 0 Å². The Labute approximate surface area is 333 Å². The van der Waals surface area contributed by atoms with Crippen LogP contribution < -0.4 is 0 Å². The summed E-state index contributed by atoms with van der Waals surface area (Å²) in [5.41, 5.74) is 9.78. The van der Waals surface area contributed by atoms with E-state index in [1.807, 2.05) is 60.7 Å². The van der Waals surface area contributed by atoms with Gasteiger partial charge in [-0.15, -0.1) is 0 Å². The van der Waals surface area contributed by atoms with E-state index in [1.54, 1.807) is 0 Å². The van der Waals surface area contributed by atoms with Gasteiger partial charge in [-0.1, -0.05) is 158 Å². The summed E-state index contributed by atoms with van der Waals surface area (Å²) in [6.07, 6.45) is 0. The molecular weight excluding hydrogens is 707 g/mol. The maximum Gasteiger partial charge on any atom is 0.164 e. The van der Waals surface area contributed by atoms with Gasteiger partial charge in [0.05, 0.1) is 27.8 Å². The first-order valence-electron chi connectivity index (χ1n) is 19.6. The van der Waals surface area contributed by atoms with Crippen LogP contribution in [0.15, 0.2) is 200 Å². The molecule has 58 heavy (non-hydrogen) atoms. The summed E-state index contributed by atoms with van der Waals surface area (Å²) in [5.74, 6) is 1.93. The molecule has 0 aliphatic heterocycles. The Hall–Kier alpha value is -7.89. The highest BCUT2D eigenvalue weighted by Crippen LogP contribution is 2.43. The van der Waals surface area contributed by atoms with Gasteiger partial charge in [0.2, 0.25) is 0 Å². The lowest BCUT2D eigenvalue weighted by molar-refractivity contribution is 1.08. The van der Waals surface area contributed by atoms with Crippen LogP contribution in [0.1, 0.15) is 0 Å². The predicted octanol–water partition coefficient (Wildman–Crippen LogP) is 13.4. The highest BCUT2D eigenvalue weighted by molar-refractivity contribution is 6.25. The minimum atomic E-state index is 0.639. The van der Waals surface area contributed by atoms with Crippen LogP contribution in [-0.2, 0) is 0 Å². The molecule has 0 spiro atoms. The molecule has 5 nitrogen and oxygen atoms in total. The molecule has 0 radical (unpaired) electrons. The van der Waals surface area contributed by atoms with Gasteiger partial charge in [-0.05, 0) is 58.6 Å². The average molecular weight is 740 g/mol. The largest absolute Gasteiger partial charge is 0.309 e. The minimum Gasteiger partial charge on any atom is -0.309 e. The molecule has 3 aromatic heterocycles. The lowest BCUT2D eigenvalue weighted by Crippen LogP contribution is -2.01. The highest BCUT2D eigenvalue weighted by atomic mass is 15.0. The van der Waals surface area contributed by atoms with E-state index in [0.29, 0.717) is 17.5 Å². The Bertz CT molecular complexity index is 3490. The molecular formula is C53H33N5. The number of para-hydroxylation sites is 2. The molecule has 0 amide bonds. The molecule has 0 saturated heterocycles. The molecule has 12 aromatic rings. The maximum absolute atomic E-state index is 5.13. The van der Waals surface area contributed by atoms with Crippen molar-refractivity contribution in [3.05, 3.63) is 200 Å². The summed E-state index contributed by atoms with van der Waals surface area (Å²) in [4.78, 5) is 15.2. The summed E-state index contributed by atoms with van der Waals surface area (Å²) in [6, 6.07) is 71.0. The molecule has 0 fully saturated rings. The van der Waals surface area contributed by atoms with Crippen molar-refractivity contribution in [3.8, 4) is 45.5 Å². The molecule has 0 aliphatic carbocycles. The zero-order chi connectivity index (χ0) is 38.2. The fourth-order valence-corrected chi connectivity index (χ4v) is 8.98. The average Bonchev–Trinajstić information content (AvgIpc) is 3.80. The molecule has 0 N–H and O–H groups in total.